The molecule has 1 N–H and O–H groups in total. The Morgan fingerprint density at radius 1 is 1.18 bits per heavy atom. The lowest BCUT2D eigenvalue weighted by atomic mass is 9.99. The van der Waals surface area contributed by atoms with Crippen LogP contribution in [0.25, 0.3) is 0 Å². The van der Waals surface area contributed by atoms with E-state index in [0.29, 0.717) is 5.88 Å². The van der Waals surface area contributed by atoms with E-state index in [1.165, 1.54) is 0 Å². The van der Waals surface area contributed by atoms with Crippen molar-refractivity contribution in [2.24, 2.45) is 0 Å². The summed E-state index contributed by atoms with van der Waals surface area (Å²) in [5.74, 6) is 4.06. The fourth-order valence-electron chi connectivity index (χ4n) is 2.00. The summed E-state index contributed by atoms with van der Waals surface area (Å²) < 4.78 is 10.9. The lowest BCUT2D eigenvalue weighted by Crippen LogP contribution is -2.50. The lowest BCUT2D eigenvalue weighted by molar-refractivity contribution is -0.0656. The van der Waals surface area contributed by atoms with Gasteiger partial charge < -0.3 is 14.8 Å². The third-order valence-electron chi connectivity index (χ3n) is 2.84. The van der Waals surface area contributed by atoms with Crippen LogP contribution in [-0.2, 0) is 9.47 Å². The van der Waals surface area contributed by atoms with Crippen LogP contribution >= 0.6 is 11.6 Å². The summed E-state index contributed by atoms with van der Waals surface area (Å²) in [5, 5.41) is 3.65. The van der Waals surface area contributed by atoms with Gasteiger partial charge in [0, 0.05) is 24.6 Å². The van der Waals surface area contributed by atoms with Crippen LogP contribution in [0.1, 0.15) is 40.0 Å². The van der Waals surface area contributed by atoms with Gasteiger partial charge in [-0.25, -0.2) is 0 Å². The van der Waals surface area contributed by atoms with Gasteiger partial charge in [-0.05, 0) is 33.6 Å². The molecule has 0 heterocycles. The van der Waals surface area contributed by atoms with Crippen LogP contribution in [-0.4, -0.2) is 45.5 Å². The van der Waals surface area contributed by atoms with Gasteiger partial charge in [-0.2, -0.15) is 0 Å². The van der Waals surface area contributed by atoms with Crippen molar-refractivity contribution >= 4 is 19.7 Å². The number of alkyl halides is 1. The van der Waals surface area contributed by atoms with Crippen molar-refractivity contribution in [3.63, 3.8) is 0 Å². The number of unbranched alkanes of at least 4 members (excludes halogenated alkanes) is 1. The standard InChI is InChI=1S/C17H34ClNO2Si/c1-17(2,3)19-15(10-8-9-12-18)16(21-14-20-4)11-13-22(5,6)7/h15-16,19H,8-10,12,14H2,1-7H3/t15-,16+/m1/s1. The van der Waals surface area contributed by atoms with E-state index in [2.05, 4.69) is 57.2 Å². The first kappa shape index (κ1) is 21.9. The smallest absolute Gasteiger partial charge is 0.148 e. The number of hydrogen-bond donors (Lipinski definition) is 1. The van der Waals surface area contributed by atoms with E-state index in [9.17, 15) is 0 Å². The SMILES string of the molecule is COCO[C@@H](C#C[Si](C)(C)C)[C@@H](CCCCCl)NC(C)(C)C. The van der Waals surface area contributed by atoms with Gasteiger partial charge in [-0.15, -0.1) is 17.1 Å². The van der Waals surface area contributed by atoms with Gasteiger partial charge in [0.15, 0.2) is 0 Å². The minimum atomic E-state index is -1.43. The van der Waals surface area contributed by atoms with Gasteiger partial charge in [-0.1, -0.05) is 32.0 Å². The van der Waals surface area contributed by atoms with Gasteiger partial charge in [0.2, 0.25) is 0 Å². The second kappa shape index (κ2) is 10.7. The first-order valence-electron chi connectivity index (χ1n) is 8.06. The molecule has 0 saturated heterocycles. The zero-order chi connectivity index (χ0) is 17.2. The largest absolute Gasteiger partial charge is 0.359 e. The van der Waals surface area contributed by atoms with E-state index in [4.69, 9.17) is 21.1 Å². The summed E-state index contributed by atoms with van der Waals surface area (Å²) in [7, 11) is 0.209. The Morgan fingerprint density at radius 2 is 1.82 bits per heavy atom. The summed E-state index contributed by atoms with van der Waals surface area (Å²) in [5.41, 5.74) is 3.44. The van der Waals surface area contributed by atoms with Crippen LogP contribution in [0.4, 0.5) is 0 Å². The summed E-state index contributed by atoms with van der Waals surface area (Å²) in [6, 6.07) is 0.183. The monoisotopic (exact) mass is 347 g/mol. The quantitative estimate of drug-likeness (QED) is 0.224. The first-order valence-corrected chi connectivity index (χ1v) is 12.1. The van der Waals surface area contributed by atoms with Crippen LogP contribution < -0.4 is 5.32 Å². The zero-order valence-electron chi connectivity index (χ0n) is 15.4. The minimum Gasteiger partial charge on any atom is -0.359 e. The minimum absolute atomic E-state index is 0.0150. The fourth-order valence-corrected chi connectivity index (χ4v) is 2.77. The molecule has 0 aliphatic rings. The molecule has 0 aliphatic heterocycles. The summed E-state index contributed by atoms with van der Waals surface area (Å²) >= 11 is 5.81. The molecule has 0 spiro atoms. The van der Waals surface area contributed by atoms with E-state index >= 15 is 0 Å². The fraction of sp³-hybridized carbons (Fsp3) is 0.882. The molecule has 0 amide bonds. The summed E-state index contributed by atoms with van der Waals surface area (Å²) in [6.45, 7) is 13.5. The van der Waals surface area contributed by atoms with Crippen molar-refractivity contribution in [1.82, 2.24) is 5.32 Å². The highest BCUT2D eigenvalue weighted by molar-refractivity contribution is 6.83. The van der Waals surface area contributed by atoms with Crippen molar-refractivity contribution in [3.05, 3.63) is 0 Å². The highest BCUT2D eigenvalue weighted by Crippen LogP contribution is 2.14. The number of nitrogens with one attached hydrogen (secondary N) is 1. The Bertz CT molecular complexity index is 352. The van der Waals surface area contributed by atoms with Gasteiger partial charge in [-0.3, -0.25) is 0 Å². The average Bonchev–Trinajstić information content (AvgIpc) is 2.35. The molecule has 0 fully saturated rings. The Hall–Kier alpha value is -0.0531. The molecule has 0 rings (SSSR count). The van der Waals surface area contributed by atoms with Crippen LogP contribution in [0.15, 0.2) is 0 Å². The highest BCUT2D eigenvalue weighted by atomic mass is 35.5. The van der Waals surface area contributed by atoms with Gasteiger partial charge in [0.25, 0.3) is 0 Å². The summed E-state index contributed by atoms with van der Waals surface area (Å²) in [4.78, 5) is 0. The van der Waals surface area contributed by atoms with Crippen molar-refractivity contribution in [2.75, 3.05) is 19.8 Å². The second-order valence-corrected chi connectivity index (χ2v) is 12.8. The van der Waals surface area contributed by atoms with Crippen molar-refractivity contribution in [1.29, 1.82) is 0 Å². The van der Waals surface area contributed by atoms with Crippen LogP contribution in [0.5, 0.6) is 0 Å². The number of ether oxygens (including phenoxy) is 2. The Kier molecular flexibility index (Phi) is 10.6. The predicted molar refractivity (Wildman–Crippen MR) is 99.1 cm³/mol. The Morgan fingerprint density at radius 3 is 2.27 bits per heavy atom. The normalized spacial score (nSPS) is 15.1. The van der Waals surface area contributed by atoms with E-state index in [1.807, 2.05) is 0 Å². The molecule has 0 aromatic carbocycles. The van der Waals surface area contributed by atoms with Gasteiger partial charge in [0.1, 0.15) is 21.0 Å². The Labute approximate surface area is 143 Å². The summed E-state index contributed by atoms with van der Waals surface area (Å²) in [6.07, 6.45) is 2.93. The average molecular weight is 348 g/mol. The maximum atomic E-state index is 5.86. The van der Waals surface area contributed by atoms with E-state index in [-0.39, 0.29) is 24.5 Å². The molecule has 22 heavy (non-hydrogen) atoms. The first-order chi connectivity index (χ1) is 10.1. The van der Waals surface area contributed by atoms with Crippen LogP contribution in [0, 0.1) is 11.5 Å². The molecule has 0 bridgehead atoms. The molecular weight excluding hydrogens is 314 g/mol. The topological polar surface area (TPSA) is 30.5 Å². The zero-order valence-corrected chi connectivity index (χ0v) is 17.1. The van der Waals surface area contributed by atoms with Crippen LogP contribution in [0.2, 0.25) is 19.6 Å². The maximum Gasteiger partial charge on any atom is 0.148 e. The molecule has 0 radical (unpaired) electrons. The molecule has 3 nitrogen and oxygen atoms in total. The molecule has 0 aromatic rings. The van der Waals surface area contributed by atoms with E-state index in [1.54, 1.807) is 7.11 Å². The number of hydrogen-bond acceptors (Lipinski definition) is 3. The van der Waals surface area contributed by atoms with Crippen LogP contribution in [0.3, 0.4) is 0 Å². The predicted octanol–water partition coefficient (Wildman–Crippen LogP) is 4.02. The molecular formula is C17H34ClNO2Si. The Balaban J connectivity index is 5.08. The van der Waals surface area contributed by atoms with E-state index in [0.717, 1.165) is 19.3 Å². The van der Waals surface area contributed by atoms with Crippen molar-refractivity contribution < 1.29 is 9.47 Å². The molecule has 5 heteroatoms. The molecule has 0 aliphatic carbocycles. The lowest BCUT2D eigenvalue weighted by Gasteiger charge is -2.32. The second-order valence-electron chi connectivity index (χ2n) is 7.70. The molecule has 0 saturated carbocycles. The van der Waals surface area contributed by atoms with E-state index < -0.39 is 8.07 Å². The molecule has 130 valence electrons. The maximum absolute atomic E-state index is 5.86. The van der Waals surface area contributed by atoms with Gasteiger partial charge >= 0.3 is 0 Å². The third-order valence-corrected chi connectivity index (χ3v) is 4.00. The number of halogens is 1. The molecule has 0 unspecified atom stereocenters. The van der Waals surface area contributed by atoms with Crippen molar-refractivity contribution in [3.8, 4) is 11.5 Å². The van der Waals surface area contributed by atoms with Gasteiger partial charge in [0.05, 0.1) is 0 Å². The number of methoxy groups -OCH3 is 1. The third kappa shape index (κ3) is 12.5. The number of rotatable bonds is 9. The molecule has 0 aromatic heterocycles. The van der Waals surface area contributed by atoms with Crippen molar-refractivity contribution in [2.45, 2.75) is 77.4 Å². The molecule has 2 atom stereocenters. The highest BCUT2D eigenvalue weighted by Gasteiger charge is 2.25.